The van der Waals surface area contributed by atoms with Gasteiger partial charge in [-0.1, -0.05) is 30.3 Å². The standard InChI is InChI=1S/C23H32NO4P/c1-17(2)27-29(25,28-18(3)4)23(16-11-20-10-8-7-9-19(20)5)24-21-12-14-22(26-6)15-13-21/h7-18,23-24H,1-6H3/b16-11+/t23-/m1/s1. The molecular weight excluding hydrogens is 385 g/mol. The van der Waals surface area contributed by atoms with Gasteiger partial charge in [0.1, 0.15) is 11.5 Å². The monoisotopic (exact) mass is 417 g/mol. The maximum absolute atomic E-state index is 13.8. The number of hydrogen-bond donors (Lipinski definition) is 1. The van der Waals surface area contributed by atoms with Crippen LogP contribution in [-0.2, 0) is 13.6 Å². The summed E-state index contributed by atoms with van der Waals surface area (Å²) in [7, 11) is -1.88. The van der Waals surface area contributed by atoms with Gasteiger partial charge >= 0.3 is 7.60 Å². The molecule has 5 nitrogen and oxygen atoms in total. The fourth-order valence-corrected chi connectivity index (χ4v) is 4.89. The zero-order chi connectivity index (χ0) is 21.4. The zero-order valence-corrected chi connectivity index (χ0v) is 19.0. The van der Waals surface area contributed by atoms with Crippen LogP contribution in [0.2, 0.25) is 0 Å². The molecule has 0 aliphatic carbocycles. The molecule has 6 heteroatoms. The van der Waals surface area contributed by atoms with E-state index < -0.39 is 13.4 Å². The van der Waals surface area contributed by atoms with E-state index in [0.717, 1.165) is 22.6 Å². The molecule has 0 saturated heterocycles. The van der Waals surface area contributed by atoms with E-state index in [1.807, 2.05) is 95.3 Å². The molecule has 0 aliphatic rings. The largest absolute Gasteiger partial charge is 0.497 e. The molecule has 29 heavy (non-hydrogen) atoms. The van der Waals surface area contributed by atoms with Gasteiger partial charge in [0, 0.05) is 5.69 Å². The second-order valence-corrected chi connectivity index (χ2v) is 9.44. The SMILES string of the molecule is COc1ccc(N[C@@H](/C=C/c2ccccc2C)P(=O)(OC(C)C)OC(C)C)cc1. The van der Waals surface area contributed by atoms with E-state index in [2.05, 4.69) is 5.32 Å². The zero-order valence-electron chi connectivity index (χ0n) is 18.1. The molecule has 0 saturated carbocycles. The lowest BCUT2D eigenvalue weighted by molar-refractivity contribution is 0.140. The highest BCUT2D eigenvalue weighted by molar-refractivity contribution is 7.55. The second-order valence-electron chi connectivity index (χ2n) is 7.38. The van der Waals surface area contributed by atoms with E-state index in [9.17, 15) is 4.57 Å². The molecule has 0 bridgehead atoms. The number of aryl methyl sites for hydroxylation is 1. The molecule has 0 aliphatic heterocycles. The van der Waals surface area contributed by atoms with Crippen molar-refractivity contribution in [3.8, 4) is 5.75 Å². The van der Waals surface area contributed by atoms with E-state index in [1.54, 1.807) is 7.11 Å². The minimum atomic E-state index is -3.51. The molecule has 1 N–H and O–H groups in total. The van der Waals surface area contributed by atoms with Gasteiger partial charge in [-0.25, -0.2) is 0 Å². The summed E-state index contributed by atoms with van der Waals surface area (Å²) < 4.78 is 30.7. The molecule has 0 heterocycles. The third kappa shape index (κ3) is 7.04. The van der Waals surface area contributed by atoms with Gasteiger partial charge in [0.25, 0.3) is 0 Å². The quantitative estimate of drug-likeness (QED) is 0.447. The van der Waals surface area contributed by atoms with Crippen LogP contribution in [0.1, 0.15) is 38.8 Å². The van der Waals surface area contributed by atoms with Crippen LogP contribution < -0.4 is 10.1 Å². The lowest BCUT2D eigenvalue weighted by Gasteiger charge is -2.29. The predicted octanol–water partition coefficient (Wildman–Crippen LogP) is 6.50. The Morgan fingerprint density at radius 3 is 2.03 bits per heavy atom. The van der Waals surface area contributed by atoms with Gasteiger partial charge in [0.15, 0.2) is 0 Å². The fraction of sp³-hybridized carbons (Fsp3) is 0.391. The van der Waals surface area contributed by atoms with Crippen LogP contribution in [0.4, 0.5) is 5.69 Å². The first-order chi connectivity index (χ1) is 13.7. The van der Waals surface area contributed by atoms with Crippen molar-refractivity contribution in [2.24, 2.45) is 0 Å². The van der Waals surface area contributed by atoms with Crippen molar-refractivity contribution in [1.82, 2.24) is 0 Å². The van der Waals surface area contributed by atoms with Crippen molar-refractivity contribution in [3.05, 3.63) is 65.7 Å². The minimum absolute atomic E-state index is 0.244. The van der Waals surface area contributed by atoms with Crippen molar-refractivity contribution in [2.45, 2.75) is 52.6 Å². The molecule has 2 rings (SSSR count). The molecule has 0 unspecified atom stereocenters. The summed E-state index contributed by atoms with van der Waals surface area (Å²) >= 11 is 0. The Kier molecular flexibility index (Phi) is 8.51. The highest BCUT2D eigenvalue weighted by Gasteiger charge is 2.36. The average Bonchev–Trinajstić information content (AvgIpc) is 2.65. The Morgan fingerprint density at radius 1 is 0.931 bits per heavy atom. The Morgan fingerprint density at radius 2 is 1.52 bits per heavy atom. The number of nitrogens with one attached hydrogen (secondary N) is 1. The number of methoxy groups -OCH3 is 1. The van der Waals surface area contributed by atoms with Gasteiger partial charge in [-0.05, 0) is 76.1 Å². The van der Waals surface area contributed by atoms with Gasteiger partial charge in [0.2, 0.25) is 0 Å². The van der Waals surface area contributed by atoms with Crippen LogP contribution in [0.25, 0.3) is 6.08 Å². The van der Waals surface area contributed by atoms with Crippen LogP contribution in [0.3, 0.4) is 0 Å². The van der Waals surface area contributed by atoms with Crippen molar-refractivity contribution in [3.63, 3.8) is 0 Å². The summed E-state index contributed by atoms with van der Waals surface area (Å²) in [5, 5.41) is 3.32. The second kappa shape index (κ2) is 10.6. The van der Waals surface area contributed by atoms with Gasteiger partial charge in [-0.15, -0.1) is 0 Å². The van der Waals surface area contributed by atoms with Crippen molar-refractivity contribution in [1.29, 1.82) is 0 Å². The lowest BCUT2D eigenvalue weighted by Crippen LogP contribution is -2.23. The molecule has 0 amide bonds. The fourth-order valence-electron chi connectivity index (χ4n) is 2.80. The average molecular weight is 417 g/mol. The van der Waals surface area contributed by atoms with E-state index in [0.29, 0.717) is 0 Å². The van der Waals surface area contributed by atoms with Gasteiger partial charge in [-0.2, -0.15) is 0 Å². The summed E-state index contributed by atoms with van der Waals surface area (Å²) in [6, 6.07) is 15.5. The smallest absolute Gasteiger partial charge is 0.357 e. The maximum atomic E-state index is 13.8. The minimum Gasteiger partial charge on any atom is -0.497 e. The first-order valence-electron chi connectivity index (χ1n) is 9.84. The summed E-state index contributed by atoms with van der Waals surface area (Å²) in [6.45, 7) is 9.45. The van der Waals surface area contributed by atoms with E-state index in [1.165, 1.54) is 0 Å². The number of anilines is 1. The van der Waals surface area contributed by atoms with Crippen LogP contribution in [0.5, 0.6) is 5.75 Å². The first kappa shape index (κ1) is 23.2. The molecule has 0 fully saturated rings. The molecule has 0 spiro atoms. The molecule has 0 radical (unpaired) electrons. The topological polar surface area (TPSA) is 56.8 Å². The third-order valence-corrected chi connectivity index (χ3v) is 6.52. The number of ether oxygens (including phenoxy) is 1. The summed E-state index contributed by atoms with van der Waals surface area (Å²) in [6.07, 6.45) is 3.33. The van der Waals surface area contributed by atoms with E-state index >= 15 is 0 Å². The van der Waals surface area contributed by atoms with Crippen molar-refractivity contribution >= 4 is 19.4 Å². The van der Waals surface area contributed by atoms with Gasteiger partial charge in [-0.3, -0.25) is 4.57 Å². The molecular formula is C23H32NO4P. The van der Waals surface area contributed by atoms with Crippen LogP contribution in [0, 0.1) is 6.92 Å². The molecule has 0 aromatic heterocycles. The third-order valence-electron chi connectivity index (χ3n) is 4.11. The van der Waals surface area contributed by atoms with E-state index in [4.69, 9.17) is 13.8 Å². The molecule has 2 aromatic rings. The van der Waals surface area contributed by atoms with Crippen molar-refractivity contribution < 1.29 is 18.3 Å². The molecule has 2 aromatic carbocycles. The molecule has 158 valence electrons. The Bertz CT molecular complexity index is 832. The van der Waals surface area contributed by atoms with Crippen LogP contribution >= 0.6 is 7.60 Å². The van der Waals surface area contributed by atoms with E-state index in [-0.39, 0.29) is 12.2 Å². The normalized spacial score (nSPS) is 13.2. The number of hydrogen-bond acceptors (Lipinski definition) is 5. The van der Waals surface area contributed by atoms with Crippen molar-refractivity contribution in [2.75, 3.05) is 12.4 Å². The predicted molar refractivity (Wildman–Crippen MR) is 121 cm³/mol. The Balaban J connectivity index is 2.41. The number of rotatable bonds is 10. The van der Waals surface area contributed by atoms with Gasteiger partial charge < -0.3 is 19.1 Å². The number of benzene rings is 2. The summed E-state index contributed by atoms with van der Waals surface area (Å²) in [5.74, 6) is 0.0999. The highest BCUT2D eigenvalue weighted by atomic mass is 31.2. The van der Waals surface area contributed by atoms with Crippen LogP contribution in [-0.4, -0.2) is 25.1 Å². The van der Waals surface area contributed by atoms with Crippen LogP contribution in [0.15, 0.2) is 54.6 Å². The Hall–Kier alpha value is -2.07. The summed E-state index contributed by atoms with van der Waals surface area (Å²) in [5.41, 5.74) is 2.98. The van der Waals surface area contributed by atoms with Gasteiger partial charge in [0.05, 0.1) is 19.3 Å². The lowest BCUT2D eigenvalue weighted by atomic mass is 10.1. The first-order valence-corrected chi connectivity index (χ1v) is 11.5. The highest BCUT2D eigenvalue weighted by Crippen LogP contribution is 2.55. The molecule has 1 atom stereocenters. The Labute approximate surface area is 174 Å². The maximum Gasteiger partial charge on any atom is 0.357 e. The summed E-state index contributed by atoms with van der Waals surface area (Å²) in [4.78, 5) is 0.